The Labute approximate surface area is 162 Å². The van der Waals surface area contributed by atoms with E-state index >= 15 is 0 Å². The van der Waals surface area contributed by atoms with Crippen molar-refractivity contribution in [3.8, 4) is 0 Å². The SMILES string of the molecule is CN=C(NCc1ncc(C)s1)NCc1ccnc2ccccc12.I. The van der Waals surface area contributed by atoms with E-state index in [0.717, 1.165) is 21.9 Å². The highest BCUT2D eigenvalue weighted by Gasteiger charge is 2.04. The first kappa shape index (κ1) is 18.6. The molecule has 1 aromatic carbocycles. The van der Waals surface area contributed by atoms with Gasteiger partial charge in [-0.3, -0.25) is 9.98 Å². The molecule has 2 aromatic heterocycles. The topological polar surface area (TPSA) is 62.2 Å². The number of benzene rings is 1. The molecule has 0 atom stereocenters. The molecule has 0 amide bonds. The van der Waals surface area contributed by atoms with Crippen molar-refractivity contribution in [3.05, 3.63) is 58.2 Å². The number of aryl methyl sites for hydroxylation is 1. The number of hydrogen-bond donors (Lipinski definition) is 2. The number of para-hydroxylation sites is 1. The zero-order chi connectivity index (χ0) is 16.1. The summed E-state index contributed by atoms with van der Waals surface area (Å²) in [4.78, 5) is 14.2. The number of rotatable bonds is 4. The van der Waals surface area contributed by atoms with Crippen molar-refractivity contribution in [2.75, 3.05) is 7.05 Å². The minimum Gasteiger partial charge on any atom is -0.352 e. The van der Waals surface area contributed by atoms with E-state index in [1.54, 1.807) is 18.4 Å². The van der Waals surface area contributed by atoms with E-state index in [-0.39, 0.29) is 24.0 Å². The minimum atomic E-state index is 0. The molecule has 5 nitrogen and oxygen atoms in total. The molecule has 0 saturated carbocycles. The number of fused-ring (bicyclic) bond motifs is 1. The molecule has 24 heavy (non-hydrogen) atoms. The Bertz CT molecular complexity index is 825. The quantitative estimate of drug-likeness (QED) is 0.361. The van der Waals surface area contributed by atoms with Gasteiger partial charge in [-0.25, -0.2) is 4.98 Å². The Hall–Kier alpha value is -1.74. The minimum absolute atomic E-state index is 0. The highest BCUT2D eigenvalue weighted by atomic mass is 127. The summed E-state index contributed by atoms with van der Waals surface area (Å²) in [5, 5.41) is 8.85. The number of halogens is 1. The van der Waals surface area contributed by atoms with Crippen molar-refractivity contribution < 1.29 is 0 Å². The van der Waals surface area contributed by atoms with Gasteiger partial charge in [-0.15, -0.1) is 35.3 Å². The van der Waals surface area contributed by atoms with Crippen LogP contribution >= 0.6 is 35.3 Å². The van der Waals surface area contributed by atoms with Crippen LogP contribution < -0.4 is 10.6 Å². The largest absolute Gasteiger partial charge is 0.352 e. The number of aliphatic imine (C=N–C) groups is 1. The van der Waals surface area contributed by atoms with E-state index in [1.807, 2.05) is 36.7 Å². The number of thiazole rings is 1. The fourth-order valence-electron chi connectivity index (χ4n) is 2.35. The van der Waals surface area contributed by atoms with Crippen LogP contribution in [0.4, 0.5) is 0 Å². The van der Waals surface area contributed by atoms with E-state index in [2.05, 4.69) is 38.6 Å². The van der Waals surface area contributed by atoms with Crippen LogP contribution in [-0.4, -0.2) is 23.0 Å². The monoisotopic (exact) mass is 453 g/mol. The average Bonchev–Trinajstić information content (AvgIpc) is 3.00. The molecule has 2 heterocycles. The first-order valence-electron chi connectivity index (χ1n) is 7.44. The maximum atomic E-state index is 4.39. The molecule has 0 bridgehead atoms. The highest BCUT2D eigenvalue weighted by Crippen LogP contribution is 2.15. The third-order valence-electron chi connectivity index (χ3n) is 3.49. The van der Waals surface area contributed by atoms with Crippen LogP contribution in [0.1, 0.15) is 15.4 Å². The molecule has 3 aromatic rings. The van der Waals surface area contributed by atoms with Crippen LogP contribution in [0.2, 0.25) is 0 Å². The molecule has 3 rings (SSSR count). The standard InChI is InChI=1S/C17H19N5S.HI/c1-12-9-20-16(23-12)11-22-17(18-2)21-10-13-7-8-19-15-6-4-3-5-14(13)15;/h3-9H,10-11H2,1-2H3,(H2,18,21,22);1H. The van der Waals surface area contributed by atoms with Crippen LogP contribution in [0, 0.1) is 6.92 Å². The zero-order valence-corrected chi connectivity index (χ0v) is 16.8. The number of hydrogen-bond acceptors (Lipinski definition) is 4. The molecule has 7 heteroatoms. The number of aromatic nitrogens is 2. The summed E-state index contributed by atoms with van der Waals surface area (Å²) in [5.41, 5.74) is 2.21. The zero-order valence-electron chi connectivity index (χ0n) is 13.6. The number of guanidine groups is 1. The molecule has 0 aliphatic heterocycles. The fraction of sp³-hybridized carbons (Fsp3) is 0.235. The molecule has 0 aliphatic carbocycles. The summed E-state index contributed by atoms with van der Waals surface area (Å²) in [6, 6.07) is 10.2. The maximum absolute atomic E-state index is 4.39. The predicted octanol–water partition coefficient (Wildman–Crippen LogP) is 3.48. The van der Waals surface area contributed by atoms with Crippen molar-refractivity contribution in [3.63, 3.8) is 0 Å². The van der Waals surface area contributed by atoms with Gasteiger partial charge in [0.2, 0.25) is 0 Å². The summed E-state index contributed by atoms with van der Waals surface area (Å²) < 4.78 is 0. The molecule has 0 radical (unpaired) electrons. The molecule has 0 unspecified atom stereocenters. The second-order valence-corrected chi connectivity index (χ2v) is 6.45. The van der Waals surface area contributed by atoms with Crippen molar-refractivity contribution in [1.82, 2.24) is 20.6 Å². The average molecular weight is 453 g/mol. The first-order valence-corrected chi connectivity index (χ1v) is 8.26. The van der Waals surface area contributed by atoms with Crippen molar-refractivity contribution in [2.45, 2.75) is 20.0 Å². The van der Waals surface area contributed by atoms with Gasteiger partial charge < -0.3 is 10.6 Å². The lowest BCUT2D eigenvalue weighted by Crippen LogP contribution is -2.36. The Morgan fingerprint density at radius 2 is 1.92 bits per heavy atom. The van der Waals surface area contributed by atoms with Crippen LogP contribution in [0.15, 0.2) is 47.7 Å². The van der Waals surface area contributed by atoms with Gasteiger partial charge >= 0.3 is 0 Å². The maximum Gasteiger partial charge on any atom is 0.191 e. The first-order chi connectivity index (χ1) is 11.3. The number of pyridine rings is 1. The van der Waals surface area contributed by atoms with Crippen molar-refractivity contribution >= 4 is 52.2 Å². The van der Waals surface area contributed by atoms with Gasteiger partial charge in [-0.1, -0.05) is 18.2 Å². The molecule has 0 spiro atoms. The third kappa shape index (κ3) is 4.64. The van der Waals surface area contributed by atoms with E-state index in [4.69, 9.17) is 0 Å². The van der Waals surface area contributed by atoms with Crippen LogP contribution in [0.25, 0.3) is 10.9 Å². The van der Waals surface area contributed by atoms with Crippen LogP contribution in [-0.2, 0) is 13.1 Å². The van der Waals surface area contributed by atoms with Gasteiger partial charge in [0, 0.05) is 36.2 Å². The van der Waals surface area contributed by atoms with Gasteiger partial charge in [-0.2, -0.15) is 0 Å². The second-order valence-electron chi connectivity index (χ2n) is 5.13. The van der Waals surface area contributed by atoms with Crippen LogP contribution in [0.3, 0.4) is 0 Å². The molecule has 126 valence electrons. The lowest BCUT2D eigenvalue weighted by atomic mass is 10.1. The molecule has 2 N–H and O–H groups in total. The molecule has 0 saturated heterocycles. The molecule has 0 aliphatic rings. The Morgan fingerprint density at radius 3 is 2.67 bits per heavy atom. The third-order valence-corrected chi connectivity index (χ3v) is 4.40. The highest BCUT2D eigenvalue weighted by molar-refractivity contribution is 14.0. The van der Waals surface area contributed by atoms with E-state index in [9.17, 15) is 0 Å². The normalized spacial score (nSPS) is 11.2. The van der Waals surface area contributed by atoms with Crippen molar-refractivity contribution in [1.29, 1.82) is 0 Å². The number of nitrogens with one attached hydrogen (secondary N) is 2. The van der Waals surface area contributed by atoms with Crippen LogP contribution in [0.5, 0.6) is 0 Å². The van der Waals surface area contributed by atoms with E-state index in [1.165, 1.54) is 10.4 Å². The van der Waals surface area contributed by atoms with E-state index in [0.29, 0.717) is 13.1 Å². The summed E-state index contributed by atoms with van der Waals surface area (Å²) in [5.74, 6) is 0.763. The van der Waals surface area contributed by atoms with Gasteiger partial charge in [0.15, 0.2) is 5.96 Å². The smallest absolute Gasteiger partial charge is 0.191 e. The fourth-order valence-corrected chi connectivity index (χ4v) is 3.08. The Kier molecular flexibility index (Phi) is 6.92. The summed E-state index contributed by atoms with van der Waals surface area (Å²) >= 11 is 1.69. The molecular formula is C17H20IN5S. The Morgan fingerprint density at radius 1 is 1.12 bits per heavy atom. The number of nitrogens with zero attached hydrogens (tertiary/aromatic N) is 3. The molecular weight excluding hydrogens is 433 g/mol. The van der Waals surface area contributed by atoms with Gasteiger partial charge in [0.05, 0.1) is 12.1 Å². The van der Waals surface area contributed by atoms with Crippen molar-refractivity contribution in [2.24, 2.45) is 4.99 Å². The van der Waals surface area contributed by atoms with E-state index < -0.39 is 0 Å². The summed E-state index contributed by atoms with van der Waals surface area (Å²) in [7, 11) is 1.77. The summed E-state index contributed by atoms with van der Waals surface area (Å²) in [6.07, 6.45) is 3.73. The second kappa shape index (κ2) is 8.93. The van der Waals surface area contributed by atoms with Gasteiger partial charge in [0.1, 0.15) is 5.01 Å². The Balaban J connectivity index is 0.00000208. The summed E-state index contributed by atoms with van der Waals surface area (Å²) in [6.45, 7) is 3.43. The lowest BCUT2D eigenvalue weighted by Gasteiger charge is -2.12. The lowest BCUT2D eigenvalue weighted by molar-refractivity contribution is 0.807. The van der Waals surface area contributed by atoms with Gasteiger partial charge in [-0.05, 0) is 24.6 Å². The van der Waals surface area contributed by atoms with Gasteiger partial charge in [0.25, 0.3) is 0 Å². The molecule has 0 fully saturated rings. The predicted molar refractivity (Wildman–Crippen MR) is 111 cm³/mol.